The molecule has 0 aromatic rings. The molecule has 3 heterocycles. The van der Waals surface area contributed by atoms with Gasteiger partial charge in [-0.3, -0.25) is 4.79 Å². The molecule has 120 valence electrons. The van der Waals surface area contributed by atoms with E-state index < -0.39 is 0 Å². The summed E-state index contributed by atoms with van der Waals surface area (Å²) >= 11 is 0. The maximum absolute atomic E-state index is 12.0. The highest BCUT2D eigenvalue weighted by Gasteiger charge is 2.48. The Morgan fingerprint density at radius 2 is 2.00 bits per heavy atom. The Balaban J connectivity index is 1.39. The predicted octanol–water partition coefficient (Wildman–Crippen LogP) is 2.14. The number of likely N-dealkylation sites (tertiary alicyclic amines) is 2. The molecule has 3 rings (SSSR count). The fourth-order valence-electron chi connectivity index (χ4n) is 3.95. The van der Waals surface area contributed by atoms with E-state index in [1.165, 1.54) is 38.9 Å². The second-order valence-corrected chi connectivity index (χ2v) is 7.75. The van der Waals surface area contributed by atoms with Gasteiger partial charge in [0.05, 0.1) is 19.7 Å². The molecule has 1 atom stereocenters. The molecule has 3 fully saturated rings. The van der Waals surface area contributed by atoms with E-state index in [4.69, 9.17) is 4.74 Å². The van der Waals surface area contributed by atoms with Crippen LogP contribution >= 0.6 is 0 Å². The fraction of sp³-hybridized carbons (Fsp3) is 0.941. The van der Waals surface area contributed by atoms with Gasteiger partial charge >= 0.3 is 0 Å². The highest BCUT2D eigenvalue weighted by atomic mass is 16.5. The first-order chi connectivity index (χ1) is 10.1. The predicted molar refractivity (Wildman–Crippen MR) is 83.1 cm³/mol. The molecule has 3 aliphatic rings. The molecule has 3 aliphatic heterocycles. The zero-order chi connectivity index (χ0) is 14.9. The number of ether oxygens (including phenoxy) is 1. The summed E-state index contributed by atoms with van der Waals surface area (Å²) < 4.78 is 6.19. The zero-order valence-electron chi connectivity index (χ0n) is 13.6. The van der Waals surface area contributed by atoms with Gasteiger partial charge in [0, 0.05) is 13.0 Å². The van der Waals surface area contributed by atoms with Crippen LogP contribution in [0.1, 0.15) is 46.0 Å². The van der Waals surface area contributed by atoms with Gasteiger partial charge in [-0.1, -0.05) is 13.8 Å². The van der Waals surface area contributed by atoms with Crippen molar-refractivity contribution in [1.29, 1.82) is 0 Å². The maximum Gasteiger partial charge on any atom is 0.223 e. The summed E-state index contributed by atoms with van der Waals surface area (Å²) in [4.78, 5) is 16.6. The minimum Gasteiger partial charge on any atom is -0.371 e. The molecule has 4 nitrogen and oxygen atoms in total. The van der Waals surface area contributed by atoms with E-state index in [9.17, 15) is 4.79 Å². The normalized spacial score (nSPS) is 29.1. The lowest BCUT2D eigenvalue weighted by Crippen LogP contribution is -2.66. The van der Waals surface area contributed by atoms with Crippen LogP contribution in [0, 0.1) is 11.8 Å². The van der Waals surface area contributed by atoms with Gasteiger partial charge in [-0.15, -0.1) is 0 Å². The van der Waals surface area contributed by atoms with E-state index in [0.29, 0.717) is 24.2 Å². The Bertz CT molecular complexity index is 361. The molecule has 0 unspecified atom stereocenters. The molecule has 0 N–H and O–H groups in total. The Hall–Kier alpha value is -0.610. The lowest BCUT2D eigenvalue weighted by atomic mass is 9.82. The summed E-state index contributed by atoms with van der Waals surface area (Å²) in [6.45, 7) is 10.5. The van der Waals surface area contributed by atoms with Crippen molar-refractivity contribution >= 4 is 5.91 Å². The van der Waals surface area contributed by atoms with E-state index in [-0.39, 0.29) is 5.60 Å². The average Bonchev–Trinajstić information content (AvgIpc) is 2.89. The lowest BCUT2D eigenvalue weighted by molar-refractivity contribution is -0.190. The SMILES string of the molecule is CC(C)CC(=O)N1CC2(CC[C@H](CN3CCCC3)CO2)C1. The molecular weight excluding hydrogens is 264 g/mol. The molecule has 3 saturated heterocycles. The van der Waals surface area contributed by atoms with Crippen LogP contribution in [0.3, 0.4) is 0 Å². The Morgan fingerprint density at radius 3 is 2.57 bits per heavy atom. The number of hydrogen-bond donors (Lipinski definition) is 0. The van der Waals surface area contributed by atoms with E-state index >= 15 is 0 Å². The van der Waals surface area contributed by atoms with Crippen LogP contribution in [-0.2, 0) is 9.53 Å². The van der Waals surface area contributed by atoms with Crippen molar-refractivity contribution in [3.05, 3.63) is 0 Å². The van der Waals surface area contributed by atoms with Gasteiger partial charge in [-0.25, -0.2) is 0 Å². The fourth-order valence-corrected chi connectivity index (χ4v) is 3.95. The lowest BCUT2D eigenvalue weighted by Gasteiger charge is -2.53. The van der Waals surface area contributed by atoms with Gasteiger partial charge in [-0.05, 0) is 50.6 Å². The van der Waals surface area contributed by atoms with Gasteiger partial charge in [0.1, 0.15) is 5.60 Å². The van der Waals surface area contributed by atoms with E-state index in [1.807, 2.05) is 4.90 Å². The third kappa shape index (κ3) is 3.59. The summed E-state index contributed by atoms with van der Waals surface area (Å²) in [6.07, 6.45) is 5.81. The van der Waals surface area contributed by atoms with Crippen LogP contribution in [0.5, 0.6) is 0 Å². The Morgan fingerprint density at radius 1 is 1.29 bits per heavy atom. The van der Waals surface area contributed by atoms with E-state index in [1.54, 1.807) is 0 Å². The van der Waals surface area contributed by atoms with Gasteiger partial charge in [-0.2, -0.15) is 0 Å². The van der Waals surface area contributed by atoms with Crippen LogP contribution in [0.25, 0.3) is 0 Å². The largest absolute Gasteiger partial charge is 0.371 e. The van der Waals surface area contributed by atoms with Crippen LogP contribution in [-0.4, -0.2) is 60.6 Å². The zero-order valence-corrected chi connectivity index (χ0v) is 13.6. The van der Waals surface area contributed by atoms with Gasteiger partial charge < -0.3 is 14.5 Å². The van der Waals surface area contributed by atoms with Crippen LogP contribution < -0.4 is 0 Å². The molecule has 0 radical (unpaired) electrons. The van der Waals surface area contributed by atoms with Crippen molar-refractivity contribution in [2.45, 2.75) is 51.6 Å². The first kappa shape index (κ1) is 15.3. The Kier molecular flexibility index (Phi) is 4.55. The van der Waals surface area contributed by atoms with Gasteiger partial charge in [0.15, 0.2) is 0 Å². The molecule has 0 aliphatic carbocycles. The highest BCUT2D eigenvalue weighted by Crippen LogP contribution is 2.36. The first-order valence-corrected chi connectivity index (χ1v) is 8.70. The summed E-state index contributed by atoms with van der Waals surface area (Å²) in [7, 11) is 0. The van der Waals surface area contributed by atoms with Crippen molar-refractivity contribution in [2.24, 2.45) is 11.8 Å². The third-order valence-corrected chi connectivity index (χ3v) is 5.24. The van der Waals surface area contributed by atoms with Gasteiger partial charge in [0.25, 0.3) is 0 Å². The van der Waals surface area contributed by atoms with E-state index in [0.717, 1.165) is 26.1 Å². The van der Waals surface area contributed by atoms with Gasteiger partial charge in [0.2, 0.25) is 5.91 Å². The molecule has 0 aromatic carbocycles. The minimum atomic E-state index is 0.00808. The molecule has 1 spiro atoms. The van der Waals surface area contributed by atoms with Crippen molar-refractivity contribution < 1.29 is 9.53 Å². The highest BCUT2D eigenvalue weighted by molar-refractivity contribution is 5.77. The molecule has 21 heavy (non-hydrogen) atoms. The Labute approximate surface area is 128 Å². The molecule has 4 heteroatoms. The number of nitrogens with zero attached hydrogens (tertiary/aromatic N) is 2. The second kappa shape index (κ2) is 6.25. The molecule has 0 saturated carbocycles. The molecule has 1 amide bonds. The van der Waals surface area contributed by atoms with Crippen LogP contribution in [0.4, 0.5) is 0 Å². The third-order valence-electron chi connectivity index (χ3n) is 5.24. The summed E-state index contributed by atoms with van der Waals surface area (Å²) in [5, 5.41) is 0. The smallest absolute Gasteiger partial charge is 0.223 e. The first-order valence-electron chi connectivity index (χ1n) is 8.70. The summed E-state index contributed by atoms with van der Waals surface area (Å²) in [6, 6.07) is 0. The number of carbonyl (C=O) groups is 1. The average molecular weight is 294 g/mol. The van der Waals surface area contributed by atoms with E-state index in [2.05, 4.69) is 18.7 Å². The molecule has 0 bridgehead atoms. The topological polar surface area (TPSA) is 32.8 Å². The van der Waals surface area contributed by atoms with Crippen molar-refractivity contribution in [3.8, 4) is 0 Å². The molecular formula is C17H30N2O2. The maximum atomic E-state index is 12.0. The van der Waals surface area contributed by atoms with Crippen LogP contribution in [0.15, 0.2) is 0 Å². The number of amides is 1. The number of hydrogen-bond acceptors (Lipinski definition) is 3. The van der Waals surface area contributed by atoms with Crippen molar-refractivity contribution in [1.82, 2.24) is 9.80 Å². The second-order valence-electron chi connectivity index (χ2n) is 7.75. The van der Waals surface area contributed by atoms with Crippen molar-refractivity contribution in [2.75, 3.05) is 39.3 Å². The number of rotatable bonds is 4. The summed E-state index contributed by atoms with van der Waals surface area (Å²) in [5.74, 6) is 1.46. The molecule has 0 aromatic heterocycles. The number of carbonyl (C=O) groups excluding carboxylic acids is 1. The monoisotopic (exact) mass is 294 g/mol. The van der Waals surface area contributed by atoms with Crippen molar-refractivity contribution in [3.63, 3.8) is 0 Å². The standard InChI is InChI=1S/C17H30N2O2/c1-14(2)9-16(20)19-12-17(13-19)6-5-15(11-21-17)10-18-7-3-4-8-18/h14-15H,3-13H2,1-2H3/t15-/m1/s1. The summed E-state index contributed by atoms with van der Waals surface area (Å²) in [5.41, 5.74) is 0.00808. The minimum absolute atomic E-state index is 0.00808. The van der Waals surface area contributed by atoms with Crippen LogP contribution in [0.2, 0.25) is 0 Å². The quantitative estimate of drug-likeness (QED) is 0.796.